The molecule has 0 radical (unpaired) electrons. The minimum atomic E-state index is -1.11. The van der Waals surface area contributed by atoms with Crippen molar-refractivity contribution in [3.63, 3.8) is 0 Å². The second kappa shape index (κ2) is 5.29. The van der Waals surface area contributed by atoms with E-state index in [9.17, 15) is 15.0 Å². The van der Waals surface area contributed by atoms with E-state index in [4.69, 9.17) is 0 Å². The van der Waals surface area contributed by atoms with Crippen molar-refractivity contribution in [3.05, 3.63) is 36.0 Å². The number of carboxylic acid groups (broad SMARTS) is 1. The van der Waals surface area contributed by atoms with E-state index in [1.807, 2.05) is 30.3 Å². The maximum atomic E-state index is 11.3. The van der Waals surface area contributed by atoms with Gasteiger partial charge in [-0.1, -0.05) is 48.4 Å². The van der Waals surface area contributed by atoms with Crippen molar-refractivity contribution in [1.29, 1.82) is 0 Å². The quantitative estimate of drug-likeness (QED) is 0.897. The van der Waals surface area contributed by atoms with E-state index in [2.05, 4.69) is 10.3 Å². The van der Waals surface area contributed by atoms with Gasteiger partial charge in [-0.25, -0.2) is 9.48 Å². The molecular weight excluding hydrogens is 270 g/mol. The summed E-state index contributed by atoms with van der Waals surface area (Å²) in [5, 5.41) is 27.5. The van der Waals surface area contributed by atoms with Gasteiger partial charge in [-0.2, -0.15) is 0 Å². The summed E-state index contributed by atoms with van der Waals surface area (Å²) in [6.07, 6.45) is 3.39. The lowest BCUT2D eigenvalue weighted by molar-refractivity contribution is 0.0264. The largest absolute Gasteiger partial charge is 0.476 e. The molecule has 0 atom stereocenters. The lowest BCUT2D eigenvalue weighted by Crippen LogP contribution is -2.31. The Hall–Kier alpha value is -2.21. The van der Waals surface area contributed by atoms with Crippen LogP contribution in [0.1, 0.15) is 36.2 Å². The standard InChI is InChI=1S/C15H17N3O3/c19-14(20)12-13(11-6-2-1-3-7-11)18(17-16-12)10-15(21)8-4-5-9-15/h1-3,6-7,21H,4-5,8-10H2,(H,19,20). The van der Waals surface area contributed by atoms with Crippen LogP contribution >= 0.6 is 0 Å². The van der Waals surface area contributed by atoms with Gasteiger partial charge in [0.1, 0.15) is 5.69 Å². The van der Waals surface area contributed by atoms with Gasteiger partial charge < -0.3 is 10.2 Å². The normalized spacial score (nSPS) is 17.0. The molecule has 1 fully saturated rings. The predicted molar refractivity (Wildman–Crippen MR) is 75.8 cm³/mol. The van der Waals surface area contributed by atoms with Gasteiger partial charge in [-0.3, -0.25) is 0 Å². The van der Waals surface area contributed by atoms with E-state index in [1.54, 1.807) is 0 Å². The second-order valence-corrected chi connectivity index (χ2v) is 5.55. The van der Waals surface area contributed by atoms with Gasteiger partial charge in [-0.05, 0) is 12.8 Å². The SMILES string of the molecule is O=C(O)c1nnn(CC2(O)CCCC2)c1-c1ccccc1. The van der Waals surface area contributed by atoms with Crippen LogP contribution in [0.2, 0.25) is 0 Å². The molecular formula is C15H17N3O3. The highest BCUT2D eigenvalue weighted by Crippen LogP contribution is 2.32. The highest BCUT2D eigenvalue weighted by atomic mass is 16.4. The van der Waals surface area contributed by atoms with E-state index in [0.717, 1.165) is 18.4 Å². The first-order valence-electron chi connectivity index (χ1n) is 7.04. The molecule has 0 spiro atoms. The number of benzene rings is 1. The summed E-state index contributed by atoms with van der Waals surface area (Å²) in [4.78, 5) is 11.3. The maximum absolute atomic E-state index is 11.3. The first kappa shape index (κ1) is 13.8. The summed E-state index contributed by atoms with van der Waals surface area (Å²) in [7, 11) is 0. The molecule has 0 amide bonds. The highest BCUT2D eigenvalue weighted by molar-refractivity contribution is 5.92. The molecule has 6 nitrogen and oxygen atoms in total. The van der Waals surface area contributed by atoms with Crippen LogP contribution in [0.4, 0.5) is 0 Å². The van der Waals surface area contributed by atoms with Gasteiger partial charge >= 0.3 is 5.97 Å². The molecule has 6 heteroatoms. The molecule has 0 aliphatic heterocycles. The Kier molecular flexibility index (Phi) is 3.47. The van der Waals surface area contributed by atoms with Crippen LogP contribution in [0.3, 0.4) is 0 Å². The summed E-state index contributed by atoms with van der Waals surface area (Å²) in [6.45, 7) is 0.275. The van der Waals surface area contributed by atoms with Crippen molar-refractivity contribution in [1.82, 2.24) is 15.0 Å². The van der Waals surface area contributed by atoms with E-state index >= 15 is 0 Å². The fraction of sp³-hybridized carbons (Fsp3) is 0.400. The minimum absolute atomic E-state index is 0.0807. The molecule has 1 aliphatic rings. The third-order valence-corrected chi connectivity index (χ3v) is 3.96. The van der Waals surface area contributed by atoms with Crippen LogP contribution in [0, 0.1) is 0 Å². The molecule has 2 aromatic rings. The molecule has 21 heavy (non-hydrogen) atoms. The van der Waals surface area contributed by atoms with Gasteiger partial charge in [0, 0.05) is 5.56 Å². The fourth-order valence-electron chi connectivity index (χ4n) is 2.92. The fourth-order valence-corrected chi connectivity index (χ4v) is 2.92. The van der Waals surface area contributed by atoms with Crippen LogP contribution in [-0.2, 0) is 6.54 Å². The Bertz CT molecular complexity index is 645. The van der Waals surface area contributed by atoms with Crippen LogP contribution < -0.4 is 0 Å². The zero-order chi connectivity index (χ0) is 14.9. The smallest absolute Gasteiger partial charge is 0.358 e. The third-order valence-electron chi connectivity index (χ3n) is 3.96. The first-order chi connectivity index (χ1) is 10.1. The Balaban J connectivity index is 2.03. The van der Waals surface area contributed by atoms with Gasteiger partial charge in [0.25, 0.3) is 0 Å². The Morgan fingerprint density at radius 1 is 1.24 bits per heavy atom. The lowest BCUT2D eigenvalue weighted by Gasteiger charge is -2.22. The second-order valence-electron chi connectivity index (χ2n) is 5.55. The molecule has 1 heterocycles. The summed E-state index contributed by atoms with van der Waals surface area (Å²) in [5.74, 6) is -1.11. The maximum Gasteiger partial charge on any atom is 0.358 e. The Labute approximate surface area is 122 Å². The number of carbonyl (C=O) groups is 1. The average molecular weight is 287 g/mol. The number of nitrogens with zero attached hydrogens (tertiary/aromatic N) is 3. The number of rotatable bonds is 4. The molecule has 0 saturated heterocycles. The van der Waals surface area contributed by atoms with Crippen LogP contribution in [0.25, 0.3) is 11.3 Å². The predicted octanol–water partition coefficient (Wildman–Crippen LogP) is 1.95. The molecule has 2 N–H and O–H groups in total. The molecule has 0 unspecified atom stereocenters. The van der Waals surface area contributed by atoms with Crippen LogP contribution in [0.15, 0.2) is 30.3 Å². The van der Waals surface area contributed by atoms with E-state index < -0.39 is 11.6 Å². The summed E-state index contributed by atoms with van der Waals surface area (Å²) >= 11 is 0. The molecule has 3 rings (SSSR count). The molecule has 1 aromatic carbocycles. The summed E-state index contributed by atoms with van der Waals surface area (Å²) in [5.41, 5.74) is 0.292. The topological polar surface area (TPSA) is 88.2 Å². The van der Waals surface area contributed by atoms with E-state index in [-0.39, 0.29) is 12.2 Å². The Morgan fingerprint density at radius 3 is 2.52 bits per heavy atom. The van der Waals surface area contributed by atoms with Crippen molar-refractivity contribution in [3.8, 4) is 11.3 Å². The molecule has 1 aromatic heterocycles. The van der Waals surface area contributed by atoms with Crippen molar-refractivity contribution in [2.24, 2.45) is 0 Å². The number of hydrogen-bond donors (Lipinski definition) is 2. The monoisotopic (exact) mass is 287 g/mol. The number of hydrogen-bond acceptors (Lipinski definition) is 4. The molecule has 1 aliphatic carbocycles. The zero-order valence-corrected chi connectivity index (χ0v) is 11.6. The van der Waals surface area contributed by atoms with Gasteiger partial charge in [0.2, 0.25) is 0 Å². The lowest BCUT2D eigenvalue weighted by atomic mass is 10.0. The summed E-state index contributed by atoms with van der Waals surface area (Å²) in [6, 6.07) is 9.18. The zero-order valence-electron chi connectivity index (χ0n) is 11.6. The van der Waals surface area contributed by atoms with Crippen molar-refractivity contribution in [2.45, 2.75) is 37.8 Å². The van der Waals surface area contributed by atoms with Gasteiger partial charge in [-0.15, -0.1) is 5.10 Å². The van der Waals surface area contributed by atoms with Crippen LogP contribution in [-0.4, -0.2) is 36.8 Å². The minimum Gasteiger partial charge on any atom is -0.476 e. The van der Waals surface area contributed by atoms with Crippen molar-refractivity contribution < 1.29 is 15.0 Å². The molecule has 0 bridgehead atoms. The highest BCUT2D eigenvalue weighted by Gasteiger charge is 2.33. The third kappa shape index (κ3) is 2.67. The number of aromatic nitrogens is 3. The number of aliphatic hydroxyl groups is 1. The Morgan fingerprint density at radius 2 is 1.90 bits per heavy atom. The van der Waals surface area contributed by atoms with Gasteiger partial charge in [0.15, 0.2) is 5.69 Å². The van der Waals surface area contributed by atoms with Crippen molar-refractivity contribution in [2.75, 3.05) is 0 Å². The average Bonchev–Trinajstić information content (AvgIpc) is 3.07. The number of aromatic carboxylic acids is 1. The van der Waals surface area contributed by atoms with E-state index in [0.29, 0.717) is 18.5 Å². The van der Waals surface area contributed by atoms with Gasteiger partial charge in [0.05, 0.1) is 12.1 Å². The van der Waals surface area contributed by atoms with Crippen LogP contribution in [0.5, 0.6) is 0 Å². The van der Waals surface area contributed by atoms with E-state index in [1.165, 1.54) is 4.68 Å². The molecule has 110 valence electrons. The first-order valence-corrected chi connectivity index (χ1v) is 7.04. The number of carboxylic acids is 1. The molecule has 1 saturated carbocycles. The summed E-state index contributed by atoms with van der Waals surface area (Å²) < 4.78 is 1.52. The van der Waals surface area contributed by atoms with Crippen molar-refractivity contribution >= 4 is 5.97 Å².